The van der Waals surface area contributed by atoms with Gasteiger partial charge in [-0.25, -0.2) is 0 Å². The lowest BCUT2D eigenvalue weighted by Crippen LogP contribution is -1.97. The summed E-state index contributed by atoms with van der Waals surface area (Å²) in [5.41, 5.74) is 10.2. The molecule has 0 aliphatic carbocycles. The van der Waals surface area contributed by atoms with Gasteiger partial charge in [0.2, 0.25) is 0 Å². The Morgan fingerprint density at radius 1 is 1.20 bits per heavy atom. The highest BCUT2D eigenvalue weighted by Gasteiger charge is 2.04. The van der Waals surface area contributed by atoms with Crippen molar-refractivity contribution in [3.8, 4) is 6.07 Å². The number of nitrogen functional groups attached to an aromatic ring is 1. The molecule has 0 heterocycles. The average Bonchev–Trinajstić information content (AvgIpc) is 2.49. The summed E-state index contributed by atoms with van der Waals surface area (Å²) in [6, 6.07) is 15.7. The number of hydrogen-bond acceptors (Lipinski definition) is 3. The third kappa shape index (κ3) is 3.10. The van der Waals surface area contributed by atoms with Gasteiger partial charge in [-0.1, -0.05) is 26.0 Å². The van der Waals surface area contributed by atoms with E-state index in [0.717, 1.165) is 17.8 Å². The summed E-state index contributed by atoms with van der Waals surface area (Å²) in [4.78, 5) is 0. The zero-order valence-electron chi connectivity index (χ0n) is 11.9. The Morgan fingerprint density at radius 3 is 2.45 bits per heavy atom. The number of hydrogen-bond donors (Lipinski definition) is 2. The van der Waals surface area contributed by atoms with Crippen LogP contribution in [0, 0.1) is 11.3 Å². The maximum absolute atomic E-state index is 8.82. The van der Waals surface area contributed by atoms with E-state index in [-0.39, 0.29) is 0 Å². The predicted octanol–water partition coefficient (Wildman–Crippen LogP) is 4.40. The molecule has 0 amide bonds. The van der Waals surface area contributed by atoms with E-state index >= 15 is 0 Å². The first-order valence-corrected chi connectivity index (χ1v) is 6.80. The summed E-state index contributed by atoms with van der Waals surface area (Å²) in [5.74, 6) is 0.573. The highest BCUT2D eigenvalue weighted by molar-refractivity contribution is 5.73. The second-order valence-electron chi connectivity index (χ2n) is 4.97. The van der Waals surface area contributed by atoms with Gasteiger partial charge in [0.05, 0.1) is 23.0 Å². The lowest BCUT2D eigenvalue weighted by molar-refractivity contribution is 0.734. The van der Waals surface area contributed by atoms with E-state index in [4.69, 9.17) is 11.0 Å². The lowest BCUT2D eigenvalue weighted by atomic mass is 9.98. The molecule has 0 radical (unpaired) electrons. The van der Waals surface area contributed by atoms with Crippen LogP contribution in [0.3, 0.4) is 0 Å². The second kappa shape index (κ2) is 6.12. The maximum Gasteiger partial charge on any atom is 0.0992 e. The molecule has 2 rings (SSSR count). The van der Waals surface area contributed by atoms with E-state index in [2.05, 4.69) is 49.5 Å². The van der Waals surface area contributed by atoms with Crippen LogP contribution in [-0.4, -0.2) is 0 Å². The normalized spacial score (nSPS) is 11.7. The van der Waals surface area contributed by atoms with Crippen molar-refractivity contribution in [2.45, 2.75) is 26.2 Å². The smallest absolute Gasteiger partial charge is 0.0992 e. The Bertz CT molecular complexity index is 624. The molecule has 2 aromatic rings. The fourth-order valence-electron chi connectivity index (χ4n) is 2.03. The largest absolute Gasteiger partial charge is 0.397 e. The Kier molecular flexibility index (Phi) is 4.27. The molecule has 102 valence electrons. The summed E-state index contributed by atoms with van der Waals surface area (Å²) in [7, 11) is 0. The van der Waals surface area contributed by atoms with E-state index in [1.165, 1.54) is 5.56 Å². The predicted molar refractivity (Wildman–Crippen MR) is 84.0 cm³/mol. The van der Waals surface area contributed by atoms with Crippen LogP contribution in [0.5, 0.6) is 0 Å². The van der Waals surface area contributed by atoms with Crippen molar-refractivity contribution >= 4 is 17.1 Å². The van der Waals surface area contributed by atoms with Crippen LogP contribution in [0.4, 0.5) is 17.1 Å². The van der Waals surface area contributed by atoms with Crippen LogP contribution >= 0.6 is 0 Å². The monoisotopic (exact) mass is 265 g/mol. The van der Waals surface area contributed by atoms with Crippen LogP contribution in [0.1, 0.15) is 37.3 Å². The van der Waals surface area contributed by atoms with Crippen molar-refractivity contribution < 1.29 is 0 Å². The summed E-state index contributed by atoms with van der Waals surface area (Å²) in [6.45, 7) is 4.41. The van der Waals surface area contributed by atoms with Gasteiger partial charge in [0, 0.05) is 5.69 Å². The summed E-state index contributed by atoms with van der Waals surface area (Å²) < 4.78 is 0. The van der Waals surface area contributed by atoms with E-state index in [1.807, 2.05) is 6.07 Å². The van der Waals surface area contributed by atoms with Crippen molar-refractivity contribution in [2.24, 2.45) is 0 Å². The average molecular weight is 265 g/mol. The summed E-state index contributed by atoms with van der Waals surface area (Å²) in [5, 5.41) is 12.1. The number of nitrogens with one attached hydrogen (secondary N) is 1. The number of rotatable bonds is 4. The number of nitrogens with zero attached hydrogens (tertiary/aromatic N) is 1. The zero-order valence-corrected chi connectivity index (χ0v) is 11.9. The van der Waals surface area contributed by atoms with Gasteiger partial charge < -0.3 is 11.1 Å². The third-order valence-corrected chi connectivity index (χ3v) is 3.55. The Balaban J connectivity index is 2.16. The molecule has 0 aromatic heterocycles. The molecule has 0 spiro atoms. The molecule has 1 unspecified atom stereocenters. The lowest BCUT2D eigenvalue weighted by Gasteiger charge is -2.12. The van der Waals surface area contributed by atoms with E-state index < -0.39 is 0 Å². The van der Waals surface area contributed by atoms with Gasteiger partial charge in [-0.15, -0.1) is 0 Å². The molecule has 3 N–H and O–H groups in total. The van der Waals surface area contributed by atoms with Gasteiger partial charge in [-0.2, -0.15) is 5.26 Å². The molecule has 3 heteroatoms. The first kappa shape index (κ1) is 14.0. The first-order chi connectivity index (χ1) is 9.63. The molecule has 2 aromatic carbocycles. The topological polar surface area (TPSA) is 61.8 Å². The molecule has 20 heavy (non-hydrogen) atoms. The van der Waals surface area contributed by atoms with Crippen LogP contribution in [0.15, 0.2) is 42.5 Å². The maximum atomic E-state index is 8.82. The minimum Gasteiger partial charge on any atom is -0.397 e. The standard InChI is InChI=1S/C17H19N3/c1-3-12(2)14-5-7-15(8-6-14)20-17-9-4-13(11-18)10-16(17)19/h4-10,12,20H,3,19H2,1-2H3. The van der Waals surface area contributed by atoms with Crippen molar-refractivity contribution in [3.63, 3.8) is 0 Å². The number of anilines is 3. The number of nitrogens with two attached hydrogens (primary N) is 1. The molecular formula is C17H19N3. The van der Waals surface area contributed by atoms with Gasteiger partial charge in [0.15, 0.2) is 0 Å². The SMILES string of the molecule is CCC(C)c1ccc(Nc2ccc(C#N)cc2N)cc1. The molecule has 0 saturated heterocycles. The van der Waals surface area contributed by atoms with Crippen molar-refractivity contribution in [1.82, 2.24) is 0 Å². The van der Waals surface area contributed by atoms with Gasteiger partial charge in [0.1, 0.15) is 0 Å². The first-order valence-electron chi connectivity index (χ1n) is 6.80. The van der Waals surface area contributed by atoms with Crippen molar-refractivity contribution in [1.29, 1.82) is 5.26 Å². The quantitative estimate of drug-likeness (QED) is 0.805. The number of nitriles is 1. The molecular weight excluding hydrogens is 246 g/mol. The molecule has 0 bridgehead atoms. The molecule has 0 fully saturated rings. The van der Waals surface area contributed by atoms with Gasteiger partial charge in [-0.05, 0) is 48.2 Å². The van der Waals surface area contributed by atoms with Crippen molar-refractivity contribution in [2.75, 3.05) is 11.1 Å². The van der Waals surface area contributed by atoms with Crippen LogP contribution in [-0.2, 0) is 0 Å². The van der Waals surface area contributed by atoms with E-state index in [1.54, 1.807) is 12.1 Å². The minimum atomic E-state index is 0.570. The van der Waals surface area contributed by atoms with Gasteiger partial charge in [-0.3, -0.25) is 0 Å². The van der Waals surface area contributed by atoms with E-state index in [0.29, 0.717) is 17.2 Å². The zero-order chi connectivity index (χ0) is 14.5. The summed E-state index contributed by atoms with van der Waals surface area (Å²) in [6.07, 6.45) is 1.13. The van der Waals surface area contributed by atoms with Crippen LogP contribution in [0.25, 0.3) is 0 Å². The molecule has 1 atom stereocenters. The highest BCUT2D eigenvalue weighted by Crippen LogP contribution is 2.26. The highest BCUT2D eigenvalue weighted by atomic mass is 14.9. The van der Waals surface area contributed by atoms with Crippen LogP contribution in [0.2, 0.25) is 0 Å². The molecule has 0 aliphatic rings. The molecule has 0 aliphatic heterocycles. The second-order valence-corrected chi connectivity index (χ2v) is 4.97. The Morgan fingerprint density at radius 2 is 1.90 bits per heavy atom. The van der Waals surface area contributed by atoms with Gasteiger partial charge in [0.25, 0.3) is 0 Å². The fraction of sp³-hybridized carbons (Fsp3) is 0.235. The Hall–Kier alpha value is -2.47. The van der Waals surface area contributed by atoms with Crippen molar-refractivity contribution in [3.05, 3.63) is 53.6 Å². The third-order valence-electron chi connectivity index (χ3n) is 3.55. The molecule has 3 nitrogen and oxygen atoms in total. The summed E-state index contributed by atoms with van der Waals surface area (Å²) >= 11 is 0. The van der Waals surface area contributed by atoms with E-state index in [9.17, 15) is 0 Å². The minimum absolute atomic E-state index is 0.570. The van der Waals surface area contributed by atoms with Gasteiger partial charge >= 0.3 is 0 Å². The van der Waals surface area contributed by atoms with Crippen LogP contribution < -0.4 is 11.1 Å². The fourth-order valence-corrected chi connectivity index (χ4v) is 2.03. The Labute approximate surface area is 120 Å². The number of benzene rings is 2. The molecule has 0 saturated carbocycles.